The van der Waals surface area contributed by atoms with Crippen LogP contribution in [0.15, 0.2) is 12.8 Å². The Labute approximate surface area is 109 Å². The summed E-state index contributed by atoms with van der Waals surface area (Å²) >= 11 is 0. The van der Waals surface area contributed by atoms with Crippen LogP contribution in [0, 0.1) is 17.3 Å². The molecule has 1 heterocycles. The smallest absolute Gasteiger partial charge is 0.168 e. The SMILES string of the molecule is C=COC1CC2CC3(CC2C1)OCC(C)(C)CO3. The van der Waals surface area contributed by atoms with Crippen molar-refractivity contribution in [2.24, 2.45) is 17.3 Å². The van der Waals surface area contributed by atoms with Crippen molar-refractivity contribution in [3.8, 4) is 0 Å². The van der Waals surface area contributed by atoms with Crippen molar-refractivity contribution in [1.29, 1.82) is 0 Å². The third-order valence-corrected chi connectivity index (χ3v) is 4.68. The van der Waals surface area contributed by atoms with Gasteiger partial charge in [-0.25, -0.2) is 0 Å². The van der Waals surface area contributed by atoms with Crippen LogP contribution in [0.5, 0.6) is 0 Å². The lowest BCUT2D eigenvalue weighted by atomic mass is 9.94. The van der Waals surface area contributed by atoms with E-state index in [4.69, 9.17) is 14.2 Å². The predicted octanol–water partition coefficient (Wildman–Crippen LogP) is 3.10. The normalized spacial score (nSPS) is 40.7. The van der Waals surface area contributed by atoms with E-state index in [0.717, 1.165) is 38.9 Å². The molecule has 2 unspecified atom stereocenters. The Kier molecular flexibility index (Phi) is 2.94. The van der Waals surface area contributed by atoms with Crippen LogP contribution in [0.1, 0.15) is 39.5 Å². The van der Waals surface area contributed by atoms with E-state index in [1.54, 1.807) is 6.26 Å². The summed E-state index contributed by atoms with van der Waals surface area (Å²) in [5, 5.41) is 0. The highest BCUT2D eigenvalue weighted by atomic mass is 16.7. The Morgan fingerprint density at radius 1 is 1.11 bits per heavy atom. The Bertz CT molecular complexity index is 311. The van der Waals surface area contributed by atoms with Gasteiger partial charge in [-0.2, -0.15) is 0 Å². The van der Waals surface area contributed by atoms with Crippen LogP contribution in [-0.4, -0.2) is 25.1 Å². The first-order chi connectivity index (χ1) is 8.52. The molecule has 0 aromatic carbocycles. The molecule has 2 saturated carbocycles. The lowest BCUT2D eigenvalue weighted by Crippen LogP contribution is -2.46. The summed E-state index contributed by atoms with van der Waals surface area (Å²) in [4.78, 5) is 0. The summed E-state index contributed by atoms with van der Waals surface area (Å²) in [6.45, 7) is 9.68. The maximum absolute atomic E-state index is 6.09. The minimum Gasteiger partial charge on any atom is -0.499 e. The van der Waals surface area contributed by atoms with Gasteiger partial charge in [0.25, 0.3) is 0 Å². The van der Waals surface area contributed by atoms with E-state index in [9.17, 15) is 0 Å². The largest absolute Gasteiger partial charge is 0.499 e. The van der Waals surface area contributed by atoms with Crippen LogP contribution in [0.2, 0.25) is 0 Å². The quantitative estimate of drug-likeness (QED) is 0.707. The van der Waals surface area contributed by atoms with Gasteiger partial charge >= 0.3 is 0 Å². The second-order valence-corrected chi connectivity index (χ2v) is 6.98. The van der Waals surface area contributed by atoms with E-state index in [-0.39, 0.29) is 11.2 Å². The van der Waals surface area contributed by atoms with Crippen molar-refractivity contribution in [3.63, 3.8) is 0 Å². The molecular formula is C15H24O3. The molecule has 0 amide bonds. The van der Waals surface area contributed by atoms with Crippen LogP contribution in [-0.2, 0) is 14.2 Å². The van der Waals surface area contributed by atoms with Crippen LogP contribution in [0.3, 0.4) is 0 Å². The molecule has 0 radical (unpaired) electrons. The topological polar surface area (TPSA) is 27.7 Å². The van der Waals surface area contributed by atoms with Crippen molar-refractivity contribution in [3.05, 3.63) is 12.8 Å². The molecule has 0 aromatic rings. The molecule has 2 atom stereocenters. The van der Waals surface area contributed by atoms with E-state index in [0.29, 0.717) is 17.9 Å². The Morgan fingerprint density at radius 2 is 1.67 bits per heavy atom. The monoisotopic (exact) mass is 252 g/mol. The van der Waals surface area contributed by atoms with Crippen LogP contribution >= 0.6 is 0 Å². The highest BCUT2D eigenvalue weighted by molar-refractivity contribution is 4.98. The lowest BCUT2D eigenvalue weighted by Gasteiger charge is -2.42. The average molecular weight is 252 g/mol. The van der Waals surface area contributed by atoms with Crippen molar-refractivity contribution in [2.45, 2.75) is 51.4 Å². The van der Waals surface area contributed by atoms with Crippen molar-refractivity contribution in [1.82, 2.24) is 0 Å². The molecule has 1 aliphatic heterocycles. The molecule has 3 rings (SSSR count). The molecule has 3 fully saturated rings. The molecule has 0 aromatic heterocycles. The molecule has 1 spiro atoms. The average Bonchev–Trinajstić information content (AvgIpc) is 2.79. The summed E-state index contributed by atoms with van der Waals surface area (Å²) in [6, 6.07) is 0. The van der Waals surface area contributed by atoms with E-state index in [1.807, 2.05) is 0 Å². The zero-order valence-electron chi connectivity index (χ0n) is 11.5. The van der Waals surface area contributed by atoms with Crippen molar-refractivity contribution in [2.75, 3.05) is 13.2 Å². The maximum atomic E-state index is 6.09. The second kappa shape index (κ2) is 4.24. The Morgan fingerprint density at radius 3 is 2.17 bits per heavy atom. The summed E-state index contributed by atoms with van der Waals surface area (Å²) in [5.41, 5.74) is 0.164. The molecule has 2 aliphatic carbocycles. The molecule has 0 bridgehead atoms. The number of hydrogen-bond donors (Lipinski definition) is 0. The molecule has 1 saturated heterocycles. The van der Waals surface area contributed by atoms with Gasteiger partial charge in [0.2, 0.25) is 0 Å². The van der Waals surface area contributed by atoms with Gasteiger partial charge in [-0.1, -0.05) is 20.4 Å². The minimum absolute atomic E-state index is 0.164. The Balaban J connectivity index is 1.60. The van der Waals surface area contributed by atoms with Gasteiger partial charge in [0, 0.05) is 18.3 Å². The van der Waals surface area contributed by atoms with Gasteiger partial charge in [-0.3, -0.25) is 0 Å². The minimum atomic E-state index is -0.274. The van der Waals surface area contributed by atoms with Gasteiger partial charge in [0.1, 0.15) is 0 Å². The van der Waals surface area contributed by atoms with Crippen LogP contribution < -0.4 is 0 Å². The molecule has 102 valence electrons. The fraction of sp³-hybridized carbons (Fsp3) is 0.867. The second-order valence-electron chi connectivity index (χ2n) is 6.98. The van der Waals surface area contributed by atoms with Gasteiger partial charge in [0.05, 0.1) is 25.6 Å². The van der Waals surface area contributed by atoms with E-state index in [2.05, 4.69) is 20.4 Å². The third-order valence-electron chi connectivity index (χ3n) is 4.68. The third kappa shape index (κ3) is 2.19. The standard InChI is InChI=1S/C15H24O3/c1-4-16-13-5-11-7-15(8-12(11)6-13)17-9-14(2,3)10-18-15/h4,11-13H,1,5-10H2,2-3H3. The zero-order chi connectivity index (χ0) is 12.8. The number of hydrogen-bond acceptors (Lipinski definition) is 3. The Hall–Kier alpha value is -0.540. The molecule has 3 heteroatoms. The highest BCUT2D eigenvalue weighted by Crippen LogP contribution is 2.53. The van der Waals surface area contributed by atoms with Gasteiger partial charge < -0.3 is 14.2 Å². The summed E-state index contributed by atoms with van der Waals surface area (Å²) in [7, 11) is 0. The van der Waals surface area contributed by atoms with Crippen molar-refractivity contribution < 1.29 is 14.2 Å². The summed E-state index contributed by atoms with van der Waals surface area (Å²) in [5.74, 6) is 1.14. The maximum Gasteiger partial charge on any atom is 0.168 e. The van der Waals surface area contributed by atoms with Crippen LogP contribution in [0.4, 0.5) is 0 Å². The molecule has 0 N–H and O–H groups in total. The summed E-state index contributed by atoms with van der Waals surface area (Å²) in [6.07, 6.45) is 6.31. The first-order valence-electron chi connectivity index (χ1n) is 7.06. The predicted molar refractivity (Wildman–Crippen MR) is 68.9 cm³/mol. The fourth-order valence-electron chi connectivity index (χ4n) is 3.76. The van der Waals surface area contributed by atoms with Gasteiger partial charge in [-0.15, -0.1) is 0 Å². The van der Waals surface area contributed by atoms with E-state index in [1.165, 1.54) is 0 Å². The number of ether oxygens (including phenoxy) is 3. The van der Waals surface area contributed by atoms with Crippen molar-refractivity contribution >= 4 is 0 Å². The molecule has 3 nitrogen and oxygen atoms in total. The zero-order valence-corrected chi connectivity index (χ0v) is 11.5. The highest BCUT2D eigenvalue weighted by Gasteiger charge is 2.53. The van der Waals surface area contributed by atoms with E-state index < -0.39 is 0 Å². The van der Waals surface area contributed by atoms with Crippen LogP contribution in [0.25, 0.3) is 0 Å². The summed E-state index contributed by atoms with van der Waals surface area (Å²) < 4.78 is 17.7. The van der Waals surface area contributed by atoms with Gasteiger partial charge in [-0.05, 0) is 24.7 Å². The molecule has 18 heavy (non-hydrogen) atoms. The number of fused-ring (bicyclic) bond motifs is 1. The lowest BCUT2D eigenvalue weighted by molar-refractivity contribution is -0.297. The van der Waals surface area contributed by atoms with Gasteiger partial charge in [0.15, 0.2) is 5.79 Å². The first kappa shape index (κ1) is 12.5. The molecular weight excluding hydrogens is 228 g/mol. The first-order valence-corrected chi connectivity index (χ1v) is 7.06. The number of rotatable bonds is 2. The van der Waals surface area contributed by atoms with E-state index >= 15 is 0 Å². The molecule has 3 aliphatic rings. The fourth-order valence-corrected chi connectivity index (χ4v) is 3.76.